The Kier molecular flexibility index (Phi) is 5.03. The van der Waals surface area contributed by atoms with E-state index in [-0.39, 0.29) is 11.8 Å². The molecule has 0 saturated heterocycles. The molecule has 3 rings (SSSR count). The Balaban J connectivity index is 1.58. The molecule has 0 N–H and O–H groups in total. The number of nitrogens with zero attached hydrogens (tertiary/aromatic N) is 1. The molecule has 0 saturated carbocycles. The standard InChI is InChI=1S/C20H25NO3/c1-14-11-18-13-17(12-16-7-6-9-21(14)20(16)18)19(23)8-4-3-5-10-24-15(2)22/h12-13H,1,3-11H2,2H3. The molecule has 0 amide bonds. The lowest BCUT2D eigenvalue weighted by Gasteiger charge is -2.28. The lowest BCUT2D eigenvalue weighted by Crippen LogP contribution is -2.24. The van der Waals surface area contributed by atoms with Crippen molar-refractivity contribution in [3.05, 3.63) is 41.1 Å². The van der Waals surface area contributed by atoms with Crippen LogP contribution in [0, 0.1) is 0 Å². The van der Waals surface area contributed by atoms with E-state index in [0.717, 1.165) is 56.3 Å². The van der Waals surface area contributed by atoms with Crippen molar-refractivity contribution in [3.63, 3.8) is 0 Å². The zero-order valence-corrected chi connectivity index (χ0v) is 14.4. The van der Waals surface area contributed by atoms with Crippen LogP contribution in [0.4, 0.5) is 5.69 Å². The summed E-state index contributed by atoms with van der Waals surface area (Å²) in [5.41, 5.74) is 5.87. The minimum atomic E-state index is -0.242. The molecule has 4 nitrogen and oxygen atoms in total. The Morgan fingerprint density at radius 2 is 2.00 bits per heavy atom. The van der Waals surface area contributed by atoms with Crippen LogP contribution in [0.15, 0.2) is 24.4 Å². The van der Waals surface area contributed by atoms with Crippen molar-refractivity contribution in [3.8, 4) is 0 Å². The molecule has 4 heteroatoms. The monoisotopic (exact) mass is 327 g/mol. The number of ether oxygens (including phenoxy) is 1. The van der Waals surface area contributed by atoms with E-state index < -0.39 is 0 Å². The second kappa shape index (κ2) is 7.20. The van der Waals surface area contributed by atoms with Crippen LogP contribution < -0.4 is 4.90 Å². The predicted octanol–water partition coefficient (Wildman–Crippen LogP) is 3.82. The number of esters is 1. The summed E-state index contributed by atoms with van der Waals surface area (Å²) in [4.78, 5) is 25.5. The zero-order valence-electron chi connectivity index (χ0n) is 14.4. The number of benzene rings is 1. The Labute approximate surface area is 143 Å². The second-order valence-corrected chi connectivity index (χ2v) is 6.72. The SMILES string of the molecule is C=C1Cc2cc(C(=O)CCCCCOC(C)=O)cc3c2N1CCC3. The van der Waals surface area contributed by atoms with Gasteiger partial charge < -0.3 is 9.64 Å². The second-order valence-electron chi connectivity index (χ2n) is 6.72. The van der Waals surface area contributed by atoms with Gasteiger partial charge in [0.2, 0.25) is 0 Å². The molecule has 1 aromatic carbocycles. The first-order valence-corrected chi connectivity index (χ1v) is 8.84. The summed E-state index contributed by atoms with van der Waals surface area (Å²) in [5.74, 6) is -0.0232. The largest absolute Gasteiger partial charge is 0.466 e. The molecule has 2 heterocycles. The molecule has 1 aromatic rings. The van der Waals surface area contributed by atoms with Gasteiger partial charge in [-0.05, 0) is 55.4 Å². The highest BCUT2D eigenvalue weighted by Crippen LogP contribution is 2.41. The van der Waals surface area contributed by atoms with Crippen LogP contribution in [-0.4, -0.2) is 24.9 Å². The van der Waals surface area contributed by atoms with E-state index in [1.807, 2.05) is 0 Å². The van der Waals surface area contributed by atoms with Crippen molar-refractivity contribution in [2.45, 2.75) is 51.9 Å². The summed E-state index contributed by atoms with van der Waals surface area (Å²) in [6.07, 6.45) is 6.16. The highest BCUT2D eigenvalue weighted by molar-refractivity contribution is 5.97. The summed E-state index contributed by atoms with van der Waals surface area (Å²) in [7, 11) is 0. The van der Waals surface area contributed by atoms with E-state index in [1.165, 1.54) is 23.7 Å². The number of unbranched alkanes of at least 4 members (excludes halogenated alkanes) is 2. The van der Waals surface area contributed by atoms with Crippen LogP contribution in [0.25, 0.3) is 0 Å². The molecule has 0 radical (unpaired) electrons. The van der Waals surface area contributed by atoms with E-state index in [1.54, 1.807) is 0 Å². The van der Waals surface area contributed by atoms with Gasteiger partial charge in [0.05, 0.1) is 6.61 Å². The third-order valence-electron chi connectivity index (χ3n) is 4.82. The maximum Gasteiger partial charge on any atom is 0.302 e. The molecule has 128 valence electrons. The van der Waals surface area contributed by atoms with Crippen LogP contribution in [0.5, 0.6) is 0 Å². The number of allylic oxidation sites excluding steroid dienone is 1. The van der Waals surface area contributed by atoms with E-state index in [2.05, 4.69) is 23.6 Å². The average molecular weight is 327 g/mol. The highest BCUT2D eigenvalue weighted by atomic mass is 16.5. The molecule has 24 heavy (non-hydrogen) atoms. The summed E-state index contributed by atoms with van der Waals surface area (Å²) < 4.78 is 4.90. The summed E-state index contributed by atoms with van der Waals surface area (Å²) in [6, 6.07) is 4.15. The fourth-order valence-electron chi connectivity index (χ4n) is 3.69. The van der Waals surface area contributed by atoms with Gasteiger partial charge in [0.15, 0.2) is 5.78 Å². The fraction of sp³-hybridized carbons (Fsp3) is 0.500. The van der Waals surface area contributed by atoms with Crippen molar-refractivity contribution in [2.75, 3.05) is 18.1 Å². The molecule has 0 aromatic heterocycles. The van der Waals surface area contributed by atoms with E-state index in [9.17, 15) is 9.59 Å². The molecular weight excluding hydrogens is 302 g/mol. The van der Waals surface area contributed by atoms with Crippen LogP contribution in [0.1, 0.15) is 60.5 Å². The number of carbonyl (C=O) groups excluding carboxylic acids is 2. The van der Waals surface area contributed by atoms with Gasteiger partial charge in [-0.25, -0.2) is 0 Å². The minimum Gasteiger partial charge on any atom is -0.466 e. The number of aryl methyl sites for hydroxylation is 1. The number of Topliss-reactive ketones (excluding diaryl/α,β-unsaturated/α-hetero) is 1. The number of hydrogen-bond acceptors (Lipinski definition) is 4. The van der Waals surface area contributed by atoms with Gasteiger partial charge in [0.25, 0.3) is 0 Å². The Bertz CT molecular complexity index is 678. The smallest absolute Gasteiger partial charge is 0.302 e. The average Bonchev–Trinajstić information content (AvgIpc) is 2.88. The Morgan fingerprint density at radius 3 is 2.79 bits per heavy atom. The number of carbonyl (C=O) groups is 2. The lowest BCUT2D eigenvalue weighted by molar-refractivity contribution is -0.141. The predicted molar refractivity (Wildman–Crippen MR) is 94.4 cm³/mol. The fourth-order valence-corrected chi connectivity index (χ4v) is 3.69. The zero-order chi connectivity index (χ0) is 17.1. The number of hydrogen-bond donors (Lipinski definition) is 0. The number of rotatable bonds is 7. The summed E-state index contributed by atoms with van der Waals surface area (Å²) >= 11 is 0. The van der Waals surface area contributed by atoms with E-state index in [4.69, 9.17) is 4.74 Å². The van der Waals surface area contributed by atoms with Gasteiger partial charge in [-0.2, -0.15) is 0 Å². The third-order valence-corrected chi connectivity index (χ3v) is 4.82. The molecule has 0 bridgehead atoms. The first-order chi connectivity index (χ1) is 11.6. The quantitative estimate of drug-likeness (QED) is 0.434. The number of anilines is 1. The Hall–Kier alpha value is -2.10. The molecule has 2 aliphatic rings. The maximum atomic E-state index is 12.5. The van der Waals surface area contributed by atoms with Crippen LogP contribution in [0.2, 0.25) is 0 Å². The van der Waals surface area contributed by atoms with Gasteiger partial charge in [-0.15, -0.1) is 0 Å². The Morgan fingerprint density at radius 1 is 1.21 bits per heavy atom. The third kappa shape index (κ3) is 3.53. The van der Waals surface area contributed by atoms with Crippen molar-refractivity contribution >= 4 is 17.4 Å². The topological polar surface area (TPSA) is 46.6 Å². The van der Waals surface area contributed by atoms with Gasteiger partial charge >= 0.3 is 5.97 Å². The van der Waals surface area contributed by atoms with Crippen molar-refractivity contribution in [1.29, 1.82) is 0 Å². The molecule has 0 spiro atoms. The van der Waals surface area contributed by atoms with Gasteiger partial charge in [0, 0.05) is 43.3 Å². The molecule has 0 unspecified atom stereocenters. The molecule has 0 atom stereocenters. The minimum absolute atomic E-state index is 0.219. The molecule has 0 fully saturated rings. The first-order valence-electron chi connectivity index (χ1n) is 8.84. The van der Waals surface area contributed by atoms with Crippen molar-refractivity contribution < 1.29 is 14.3 Å². The van der Waals surface area contributed by atoms with Crippen molar-refractivity contribution in [2.24, 2.45) is 0 Å². The van der Waals surface area contributed by atoms with Gasteiger partial charge in [0.1, 0.15) is 0 Å². The summed E-state index contributed by atoms with van der Waals surface area (Å²) in [6.45, 7) is 7.08. The highest BCUT2D eigenvalue weighted by Gasteiger charge is 2.29. The normalized spacial score (nSPS) is 15.4. The molecule has 0 aliphatic carbocycles. The van der Waals surface area contributed by atoms with Crippen LogP contribution >= 0.6 is 0 Å². The van der Waals surface area contributed by atoms with Crippen LogP contribution in [-0.2, 0) is 22.4 Å². The van der Waals surface area contributed by atoms with Crippen LogP contribution in [0.3, 0.4) is 0 Å². The molecule has 2 aliphatic heterocycles. The number of ketones is 1. The van der Waals surface area contributed by atoms with Gasteiger partial charge in [-0.3, -0.25) is 9.59 Å². The summed E-state index contributed by atoms with van der Waals surface area (Å²) in [5, 5.41) is 0. The van der Waals surface area contributed by atoms with E-state index >= 15 is 0 Å². The lowest BCUT2D eigenvalue weighted by atomic mass is 9.94. The van der Waals surface area contributed by atoms with Gasteiger partial charge in [-0.1, -0.05) is 6.58 Å². The molecular formula is C20H25NO3. The van der Waals surface area contributed by atoms with E-state index in [0.29, 0.717) is 13.0 Å². The maximum absolute atomic E-state index is 12.5. The van der Waals surface area contributed by atoms with Crippen molar-refractivity contribution in [1.82, 2.24) is 0 Å². The first kappa shape index (κ1) is 16.7.